The zero-order chi connectivity index (χ0) is 20.8. The molecule has 0 unspecified atom stereocenters. The van der Waals surface area contributed by atoms with Crippen LogP contribution in [-0.2, 0) is 14.3 Å². The Balaban J connectivity index is 1.52. The number of ether oxygens (including phenoxy) is 2. The number of carbonyl (C=O) groups excluding carboxylic acids is 2. The average molecular weight is 395 g/mol. The molecule has 0 spiro atoms. The van der Waals surface area contributed by atoms with Crippen LogP contribution in [0.15, 0.2) is 54.6 Å². The number of benzene rings is 2. The minimum absolute atomic E-state index is 0.0879. The molecule has 4 heteroatoms. The highest BCUT2D eigenvalue weighted by Crippen LogP contribution is 2.35. The second-order valence-corrected chi connectivity index (χ2v) is 8.37. The van der Waals surface area contributed by atoms with Crippen LogP contribution in [0, 0.1) is 17.8 Å². The van der Waals surface area contributed by atoms with Crippen LogP contribution in [0.4, 0.5) is 0 Å². The van der Waals surface area contributed by atoms with Gasteiger partial charge in [0.2, 0.25) is 0 Å². The van der Waals surface area contributed by atoms with E-state index in [9.17, 15) is 9.59 Å². The lowest BCUT2D eigenvalue weighted by Crippen LogP contribution is -2.36. The lowest BCUT2D eigenvalue weighted by atomic mass is 9.75. The van der Waals surface area contributed by atoms with Crippen molar-refractivity contribution >= 4 is 11.9 Å². The molecule has 1 fully saturated rings. The summed E-state index contributed by atoms with van der Waals surface area (Å²) in [6.45, 7) is 6.17. The van der Waals surface area contributed by atoms with Crippen molar-refractivity contribution in [3.8, 4) is 11.1 Å². The van der Waals surface area contributed by atoms with Crippen molar-refractivity contribution in [2.45, 2.75) is 46.1 Å². The van der Waals surface area contributed by atoms with E-state index in [1.165, 1.54) is 6.42 Å². The van der Waals surface area contributed by atoms with Crippen LogP contribution in [0.25, 0.3) is 11.1 Å². The molecule has 0 N–H and O–H groups in total. The molecule has 2 aromatic carbocycles. The average Bonchev–Trinajstić information content (AvgIpc) is 2.72. The van der Waals surface area contributed by atoms with E-state index < -0.39 is 11.9 Å². The molecule has 2 aromatic rings. The third-order valence-electron chi connectivity index (χ3n) is 5.79. The normalized spacial score (nSPS) is 21.6. The summed E-state index contributed by atoms with van der Waals surface area (Å²) in [6, 6.07) is 17.1. The van der Waals surface area contributed by atoms with Crippen molar-refractivity contribution < 1.29 is 19.1 Å². The summed E-state index contributed by atoms with van der Waals surface area (Å²) < 4.78 is 10.9. The minimum atomic E-state index is -0.515. The van der Waals surface area contributed by atoms with E-state index in [4.69, 9.17) is 9.47 Å². The summed E-state index contributed by atoms with van der Waals surface area (Å²) in [5.41, 5.74) is 2.52. The Morgan fingerprint density at radius 3 is 2.28 bits per heavy atom. The molecule has 0 bridgehead atoms. The molecule has 1 aliphatic rings. The first-order valence-electron chi connectivity index (χ1n) is 10.5. The molecule has 0 aromatic heterocycles. The fourth-order valence-electron chi connectivity index (χ4n) is 4.09. The molecule has 1 aliphatic carbocycles. The van der Waals surface area contributed by atoms with Gasteiger partial charge in [0.15, 0.2) is 6.61 Å². The van der Waals surface area contributed by atoms with E-state index >= 15 is 0 Å². The third kappa shape index (κ3) is 5.69. The second kappa shape index (κ2) is 9.73. The fraction of sp³-hybridized carbons (Fsp3) is 0.440. The van der Waals surface area contributed by atoms with Crippen LogP contribution in [-0.4, -0.2) is 24.6 Å². The summed E-state index contributed by atoms with van der Waals surface area (Å²) in [6.07, 6.45) is 3.04. The Kier molecular flexibility index (Phi) is 7.08. The zero-order valence-electron chi connectivity index (χ0n) is 17.5. The summed E-state index contributed by atoms with van der Waals surface area (Å²) in [4.78, 5) is 24.5. The molecule has 0 radical (unpaired) electrons. The van der Waals surface area contributed by atoms with Gasteiger partial charge in [0.25, 0.3) is 0 Å². The van der Waals surface area contributed by atoms with Crippen LogP contribution in [0.1, 0.15) is 50.4 Å². The zero-order valence-corrected chi connectivity index (χ0v) is 17.5. The standard InChI is InChI=1S/C25H30O4/c1-17(2)22-14-9-18(3)15-23(22)29-24(26)16-28-25(27)21-12-10-20(11-13-21)19-7-5-4-6-8-19/h4-8,10-13,17-18,22-23H,9,14-16H2,1-3H3/t18-,22+,23-/m1/s1. The van der Waals surface area contributed by atoms with Crippen LogP contribution in [0.5, 0.6) is 0 Å². The molecule has 0 saturated heterocycles. The molecule has 0 heterocycles. The number of hydrogen-bond donors (Lipinski definition) is 0. The maximum Gasteiger partial charge on any atom is 0.344 e. The molecule has 3 rings (SSSR count). The fourth-order valence-corrected chi connectivity index (χ4v) is 4.09. The predicted molar refractivity (Wildman–Crippen MR) is 113 cm³/mol. The second-order valence-electron chi connectivity index (χ2n) is 8.37. The Bertz CT molecular complexity index is 810. The van der Waals surface area contributed by atoms with Crippen molar-refractivity contribution in [3.63, 3.8) is 0 Å². The molecule has 4 nitrogen and oxygen atoms in total. The maximum atomic E-state index is 12.3. The highest BCUT2D eigenvalue weighted by atomic mass is 16.6. The summed E-state index contributed by atoms with van der Waals surface area (Å²) in [7, 11) is 0. The van der Waals surface area contributed by atoms with Crippen molar-refractivity contribution in [1.82, 2.24) is 0 Å². The number of rotatable bonds is 6. The van der Waals surface area contributed by atoms with Crippen LogP contribution < -0.4 is 0 Å². The third-order valence-corrected chi connectivity index (χ3v) is 5.79. The first-order chi connectivity index (χ1) is 13.9. The predicted octanol–water partition coefficient (Wildman–Crippen LogP) is 5.51. The highest BCUT2D eigenvalue weighted by molar-refractivity contribution is 5.91. The first-order valence-corrected chi connectivity index (χ1v) is 10.5. The Morgan fingerprint density at radius 2 is 1.62 bits per heavy atom. The van der Waals surface area contributed by atoms with Gasteiger partial charge in [-0.15, -0.1) is 0 Å². The quantitative estimate of drug-likeness (QED) is 0.606. The van der Waals surface area contributed by atoms with E-state index in [1.54, 1.807) is 12.1 Å². The smallest absolute Gasteiger partial charge is 0.344 e. The molecule has 154 valence electrons. The molecule has 29 heavy (non-hydrogen) atoms. The lowest BCUT2D eigenvalue weighted by Gasteiger charge is -2.36. The Hall–Kier alpha value is -2.62. The SMILES string of the molecule is CC(C)[C@@H]1CC[C@@H](C)C[C@H]1OC(=O)COC(=O)c1ccc(-c2ccccc2)cc1. The van der Waals surface area contributed by atoms with Crippen molar-refractivity contribution in [3.05, 3.63) is 60.2 Å². The molecule has 1 saturated carbocycles. The number of hydrogen-bond acceptors (Lipinski definition) is 4. The molecule has 0 amide bonds. The van der Waals surface area contributed by atoms with Gasteiger partial charge in [-0.2, -0.15) is 0 Å². The largest absolute Gasteiger partial charge is 0.460 e. The van der Waals surface area contributed by atoms with Crippen LogP contribution >= 0.6 is 0 Å². The van der Waals surface area contributed by atoms with Gasteiger partial charge in [-0.3, -0.25) is 0 Å². The maximum absolute atomic E-state index is 12.3. The van der Waals surface area contributed by atoms with Gasteiger partial charge in [-0.1, -0.05) is 69.7 Å². The van der Waals surface area contributed by atoms with Gasteiger partial charge >= 0.3 is 11.9 Å². The van der Waals surface area contributed by atoms with Crippen LogP contribution in [0.2, 0.25) is 0 Å². The lowest BCUT2D eigenvalue weighted by molar-refractivity contribution is -0.159. The van der Waals surface area contributed by atoms with Crippen molar-refractivity contribution in [2.75, 3.05) is 6.61 Å². The Morgan fingerprint density at radius 1 is 0.966 bits per heavy atom. The molecule has 0 aliphatic heterocycles. The van der Waals surface area contributed by atoms with Gasteiger partial charge in [0.05, 0.1) is 5.56 Å². The van der Waals surface area contributed by atoms with E-state index in [-0.39, 0.29) is 12.7 Å². The summed E-state index contributed by atoms with van der Waals surface area (Å²) in [5.74, 6) is 0.402. The monoisotopic (exact) mass is 394 g/mol. The van der Waals surface area contributed by atoms with E-state index in [0.717, 1.165) is 24.0 Å². The highest BCUT2D eigenvalue weighted by Gasteiger charge is 2.33. The van der Waals surface area contributed by atoms with Gasteiger partial charge < -0.3 is 9.47 Å². The van der Waals surface area contributed by atoms with E-state index in [1.807, 2.05) is 42.5 Å². The Labute approximate surface area is 173 Å². The van der Waals surface area contributed by atoms with Crippen molar-refractivity contribution in [1.29, 1.82) is 0 Å². The first kappa shape index (κ1) is 21.1. The van der Waals surface area contributed by atoms with Crippen LogP contribution in [0.3, 0.4) is 0 Å². The summed E-state index contributed by atoms with van der Waals surface area (Å²) >= 11 is 0. The minimum Gasteiger partial charge on any atom is -0.460 e. The van der Waals surface area contributed by atoms with Gasteiger partial charge in [-0.25, -0.2) is 9.59 Å². The van der Waals surface area contributed by atoms with Gasteiger partial charge in [0.1, 0.15) is 6.10 Å². The van der Waals surface area contributed by atoms with E-state index in [0.29, 0.717) is 23.3 Å². The van der Waals surface area contributed by atoms with Gasteiger partial charge in [0, 0.05) is 0 Å². The number of carbonyl (C=O) groups is 2. The topological polar surface area (TPSA) is 52.6 Å². The van der Waals surface area contributed by atoms with Crippen molar-refractivity contribution in [2.24, 2.45) is 17.8 Å². The number of esters is 2. The molecular weight excluding hydrogens is 364 g/mol. The van der Waals surface area contributed by atoms with E-state index in [2.05, 4.69) is 20.8 Å². The molecular formula is C25H30O4. The summed E-state index contributed by atoms with van der Waals surface area (Å²) in [5, 5.41) is 0. The van der Waals surface area contributed by atoms with Gasteiger partial charge in [-0.05, 0) is 53.9 Å². The molecule has 3 atom stereocenters.